The van der Waals surface area contributed by atoms with E-state index in [1.165, 1.54) is 22.5 Å². The normalized spacial score (nSPS) is 16.6. The van der Waals surface area contributed by atoms with E-state index in [2.05, 4.69) is 10.3 Å². The van der Waals surface area contributed by atoms with Crippen LogP contribution in [0, 0.1) is 0 Å². The molecule has 0 aromatic carbocycles. The van der Waals surface area contributed by atoms with Gasteiger partial charge in [0.05, 0.1) is 23.1 Å². The highest BCUT2D eigenvalue weighted by molar-refractivity contribution is 7.10. The SMILES string of the molecule is C[C@H]1CN(c2csc(C(F)(F)F)c2)C(=O)c2c(C(=O)Nc3cccnc3)ccn21. The lowest BCUT2D eigenvalue weighted by molar-refractivity contribution is -0.134. The lowest BCUT2D eigenvalue weighted by Gasteiger charge is -2.32. The Balaban J connectivity index is 1.66. The third kappa shape index (κ3) is 3.51. The first-order valence-corrected chi connectivity index (χ1v) is 9.53. The fourth-order valence-electron chi connectivity index (χ4n) is 3.26. The molecule has 4 heterocycles. The summed E-state index contributed by atoms with van der Waals surface area (Å²) in [4.78, 5) is 30.2. The summed E-state index contributed by atoms with van der Waals surface area (Å²) >= 11 is 0.537. The van der Waals surface area contributed by atoms with Gasteiger partial charge >= 0.3 is 6.18 Å². The van der Waals surface area contributed by atoms with Gasteiger partial charge in [-0.3, -0.25) is 14.6 Å². The van der Waals surface area contributed by atoms with Gasteiger partial charge in [0.1, 0.15) is 10.6 Å². The molecule has 0 saturated heterocycles. The number of thiophene rings is 1. The van der Waals surface area contributed by atoms with Gasteiger partial charge in [-0.25, -0.2) is 0 Å². The van der Waals surface area contributed by atoms with E-state index in [-0.39, 0.29) is 29.5 Å². The molecule has 3 aromatic rings. The zero-order valence-corrected chi connectivity index (χ0v) is 15.9. The predicted octanol–water partition coefficient (Wildman–Crippen LogP) is 4.44. The molecule has 0 aliphatic carbocycles. The predicted molar refractivity (Wildman–Crippen MR) is 102 cm³/mol. The standard InChI is InChI=1S/C19H15F3N4O2S/c1-11-9-26(13-7-15(29-10-13)19(20,21)22)18(28)16-14(4-6-25(11)16)17(27)24-12-3-2-5-23-8-12/h2-8,10-11H,9H2,1H3,(H,24,27)/t11-/m0/s1. The molecular weight excluding hydrogens is 405 g/mol. The van der Waals surface area contributed by atoms with E-state index < -0.39 is 22.9 Å². The zero-order valence-electron chi connectivity index (χ0n) is 15.1. The summed E-state index contributed by atoms with van der Waals surface area (Å²) in [6.45, 7) is 2.04. The number of pyridine rings is 1. The number of aromatic nitrogens is 2. The van der Waals surface area contributed by atoms with Crippen LogP contribution in [-0.2, 0) is 6.18 Å². The quantitative estimate of drug-likeness (QED) is 0.681. The molecule has 29 heavy (non-hydrogen) atoms. The van der Waals surface area contributed by atoms with Crippen LogP contribution < -0.4 is 10.2 Å². The maximum absolute atomic E-state index is 13.1. The second-order valence-electron chi connectivity index (χ2n) is 6.61. The van der Waals surface area contributed by atoms with Crippen LogP contribution in [0.25, 0.3) is 0 Å². The van der Waals surface area contributed by atoms with Gasteiger partial charge in [-0.15, -0.1) is 11.3 Å². The van der Waals surface area contributed by atoms with Crippen LogP contribution >= 0.6 is 11.3 Å². The minimum absolute atomic E-state index is 0.143. The molecule has 0 saturated carbocycles. The molecule has 6 nitrogen and oxygen atoms in total. The van der Waals surface area contributed by atoms with E-state index in [1.807, 2.05) is 6.92 Å². The number of nitrogens with one attached hydrogen (secondary N) is 1. The van der Waals surface area contributed by atoms with Gasteiger partial charge in [-0.1, -0.05) is 0 Å². The monoisotopic (exact) mass is 420 g/mol. The average molecular weight is 420 g/mol. The van der Waals surface area contributed by atoms with Crippen molar-refractivity contribution in [3.63, 3.8) is 0 Å². The second kappa shape index (κ2) is 7.03. The van der Waals surface area contributed by atoms with Gasteiger partial charge < -0.3 is 14.8 Å². The fourth-order valence-corrected chi connectivity index (χ4v) is 4.03. The van der Waals surface area contributed by atoms with Crippen LogP contribution in [0.3, 0.4) is 0 Å². The summed E-state index contributed by atoms with van der Waals surface area (Å²) in [5.74, 6) is -1.01. The third-order valence-corrected chi connectivity index (χ3v) is 5.59. The molecule has 0 spiro atoms. The molecule has 0 radical (unpaired) electrons. The number of hydrogen-bond donors (Lipinski definition) is 1. The number of nitrogens with zero attached hydrogens (tertiary/aromatic N) is 3. The molecule has 0 bridgehead atoms. The number of fused-ring (bicyclic) bond motifs is 1. The third-order valence-electron chi connectivity index (χ3n) is 4.63. The van der Waals surface area contributed by atoms with Crippen LogP contribution in [0.15, 0.2) is 48.2 Å². The van der Waals surface area contributed by atoms with Crippen molar-refractivity contribution in [3.05, 3.63) is 64.4 Å². The van der Waals surface area contributed by atoms with Crippen molar-refractivity contribution in [2.24, 2.45) is 0 Å². The van der Waals surface area contributed by atoms with Crippen LogP contribution in [0.1, 0.15) is 38.7 Å². The summed E-state index contributed by atoms with van der Waals surface area (Å²) in [6, 6.07) is 5.61. The zero-order chi connectivity index (χ0) is 20.8. The number of alkyl halides is 3. The number of carbonyl (C=O) groups is 2. The summed E-state index contributed by atoms with van der Waals surface area (Å²) in [5, 5.41) is 3.98. The first-order valence-electron chi connectivity index (χ1n) is 8.65. The van der Waals surface area contributed by atoms with Gasteiger partial charge in [-0.05, 0) is 31.2 Å². The second-order valence-corrected chi connectivity index (χ2v) is 7.52. The first-order chi connectivity index (χ1) is 13.8. The Labute approximate surface area is 167 Å². The maximum atomic E-state index is 13.1. The topological polar surface area (TPSA) is 67.2 Å². The van der Waals surface area contributed by atoms with Crippen molar-refractivity contribution >= 4 is 34.5 Å². The summed E-state index contributed by atoms with van der Waals surface area (Å²) in [7, 11) is 0. The minimum atomic E-state index is -4.47. The van der Waals surface area contributed by atoms with Gasteiger partial charge in [-0.2, -0.15) is 13.2 Å². The largest absolute Gasteiger partial charge is 0.425 e. The molecular formula is C19H15F3N4O2S. The Morgan fingerprint density at radius 1 is 1.34 bits per heavy atom. The summed E-state index contributed by atoms with van der Waals surface area (Å²) in [6.07, 6.45) is 0.209. The Kier molecular flexibility index (Phi) is 4.65. The smallest absolute Gasteiger partial charge is 0.338 e. The van der Waals surface area contributed by atoms with E-state index in [0.29, 0.717) is 17.0 Å². The number of rotatable bonds is 3. The van der Waals surface area contributed by atoms with Crippen molar-refractivity contribution < 1.29 is 22.8 Å². The molecule has 1 aliphatic rings. The van der Waals surface area contributed by atoms with Crippen LogP contribution in [0.4, 0.5) is 24.5 Å². The number of amides is 2. The van der Waals surface area contributed by atoms with Gasteiger partial charge in [0.2, 0.25) is 0 Å². The number of halogens is 3. The van der Waals surface area contributed by atoms with E-state index in [1.54, 1.807) is 29.1 Å². The van der Waals surface area contributed by atoms with Crippen molar-refractivity contribution in [1.82, 2.24) is 9.55 Å². The highest BCUT2D eigenvalue weighted by atomic mass is 32.1. The van der Waals surface area contributed by atoms with Crippen molar-refractivity contribution in [1.29, 1.82) is 0 Å². The summed E-state index contributed by atoms with van der Waals surface area (Å²) in [5.41, 5.74) is 0.940. The van der Waals surface area contributed by atoms with E-state index in [9.17, 15) is 22.8 Å². The number of carbonyl (C=O) groups excluding carboxylic acids is 2. The Hall–Kier alpha value is -3.14. The molecule has 1 atom stereocenters. The molecule has 1 aliphatic heterocycles. The van der Waals surface area contributed by atoms with E-state index in [0.717, 1.165) is 6.07 Å². The maximum Gasteiger partial charge on any atom is 0.425 e. The van der Waals surface area contributed by atoms with E-state index in [4.69, 9.17) is 0 Å². The average Bonchev–Trinajstić information content (AvgIpc) is 3.33. The summed E-state index contributed by atoms with van der Waals surface area (Å²) < 4.78 is 40.5. The van der Waals surface area contributed by atoms with Gasteiger partial charge in [0.15, 0.2) is 0 Å². The lowest BCUT2D eigenvalue weighted by atomic mass is 10.1. The van der Waals surface area contributed by atoms with Gasteiger partial charge in [0.25, 0.3) is 11.8 Å². The Morgan fingerprint density at radius 3 is 2.79 bits per heavy atom. The molecule has 1 N–H and O–H groups in total. The van der Waals surface area contributed by atoms with Crippen LogP contribution in [-0.4, -0.2) is 27.9 Å². The van der Waals surface area contributed by atoms with Gasteiger partial charge in [0, 0.05) is 30.4 Å². The van der Waals surface area contributed by atoms with E-state index >= 15 is 0 Å². The lowest BCUT2D eigenvalue weighted by Crippen LogP contribution is -2.42. The Bertz CT molecular complexity index is 1070. The molecule has 10 heteroatoms. The number of hydrogen-bond acceptors (Lipinski definition) is 4. The van der Waals surface area contributed by atoms with Crippen molar-refractivity contribution in [2.75, 3.05) is 16.8 Å². The first kappa shape index (κ1) is 19.2. The minimum Gasteiger partial charge on any atom is -0.338 e. The molecule has 0 unspecified atom stereocenters. The van der Waals surface area contributed by atoms with Crippen LogP contribution in [0.2, 0.25) is 0 Å². The fraction of sp³-hybridized carbons (Fsp3) is 0.211. The molecule has 150 valence electrons. The highest BCUT2D eigenvalue weighted by Crippen LogP contribution is 2.38. The van der Waals surface area contributed by atoms with Crippen LogP contribution in [0.5, 0.6) is 0 Å². The molecule has 4 rings (SSSR count). The molecule has 0 fully saturated rings. The highest BCUT2D eigenvalue weighted by Gasteiger charge is 2.37. The van der Waals surface area contributed by atoms with Crippen molar-refractivity contribution in [3.8, 4) is 0 Å². The molecule has 3 aromatic heterocycles. The molecule has 2 amide bonds. The Morgan fingerprint density at radius 2 is 2.14 bits per heavy atom. The number of anilines is 2. The van der Waals surface area contributed by atoms with Crippen molar-refractivity contribution in [2.45, 2.75) is 19.1 Å².